The van der Waals surface area contributed by atoms with E-state index in [1.165, 1.54) is 24.3 Å². The molecule has 3 rings (SSSR count). The minimum absolute atomic E-state index is 0.0145. The fourth-order valence-corrected chi connectivity index (χ4v) is 2.22. The molecule has 1 N–H and O–H groups in total. The first-order valence-electron chi connectivity index (χ1n) is 7.62. The molecular formula is C17H14N2O7. The van der Waals surface area contributed by atoms with Gasteiger partial charge < -0.3 is 14.2 Å². The number of ether oxygens (including phenoxy) is 3. The maximum atomic E-state index is 12.1. The molecule has 2 aromatic rings. The average molecular weight is 358 g/mol. The van der Waals surface area contributed by atoms with Crippen LogP contribution in [0.2, 0.25) is 0 Å². The number of fused-ring (bicyclic) bond motifs is 1. The predicted octanol–water partition coefficient (Wildman–Crippen LogP) is 1.46. The molecule has 26 heavy (non-hydrogen) atoms. The minimum Gasteiger partial charge on any atom is -0.485 e. The number of carbonyl (C=O) groups is 2. The first-order chi connectivity index (χ1) is 12.5. The van der Waals surface area contributed by atoms with Gasteiger partial charge in [0.15, 0.2) is 18.1 Å². The number of non-ortho nitro benzene ring substituents is 1. The number of hydrogen-bond acceptors (Lipinski definition) is 7. The van der Waals surface area contributed by atoms with Gasteiger partial charge in [0.05, 0.1) is 4.92 Å². The lowest BCUT2D eigenvalue weighted by Crippen LogP contribution is -2.47. The van der Waals surface area contributed by atoms with Gasteiger partial charge in [0.2, 0.25) is 6.10 Å². The summed E-state index contributed by atoms with van der Waals surface area (Å²) in [6, 6.07) is 12.1. The van der Waals surface area contributed by atoms with E-state index in [4.69, 9.17) is 14.2 Å². The van der Waals surface area contributed by atoms with E-state index in [0.717, 1.165) is 0 Å². The summed E-state index contributed by atoms with van der Waals surface area (Å²) in [7, 11) is 0. The van der Waals surface area contributed by atoms with Crippen molar-refractivity contribution < 1.29 is 28.7 Å². The van der Waals surface area contributed by atoms with E-state index in [2.05, 4.69) is 5.32 Å². The van der Waals surface area contributed by atoms with E-state index in [0.29, 0.717) is 11.5 Å². The Kier molecular flexibility index (Phi) is 4.97. The molecule has 0 fully saturated rings. The molecule has 9 heteroatoms. The molecular weight excluding hydrogens is 344 g/mol. The highest BCUT2D eigenvalue weighted by Crippen LogP contribution is 2.30. The molecule has 9 nitrogen and oxygen atoms in total. The molecule has 134 valence electrons. The van der Waals surface area contributed by atoms with Gasteiger partial charge in [0, 0.05) is 12.1 Å². The van der Waals surface area contributed by atoms with Crippen LogP contribution in [0.15, 0.2) is 48.5 Å². The maximum absolute atomic E-state index is 12.1. The van der Waals surface area contributed by atoms with E-state index in [1.807, 2.05) is 0 Å². The van der Waals surface area contributed by atoms with Gasteiger partial charge in [-0.2, -0.15) is 0 Å². The van der Waals surface area contributed by atoms with Crippen molar-refractivity contribution in [3.05, 3.63) is 58.6 Å². The second kappa shape index (κ2) is 7.51. The largest absolute Gasteiger partial charge is 0.485 e. The molecule has 1 heterocycles. The Hall–Kier alpha value is -3.62. The normalized spacial score (nSPS) is 15.0. The lowest BCUT2D eigenvalue weighted by molar-refractivity contribution is -0.384. The summed E-state index contributed by atoms with van der Waals surface area (Å²) in [5, 5.41) is 12.7. The third-order valence-electron chi connectivity index (χ3n) is 3.48. The van der Waals surface area contributed by atoms with Crippen LogP contribution in [-0.4, -0.2) is 36.1 Å². The van der Waals surface area contributed by atoms with Crippen molar-refractivity contribution in [3.8, 4) is 17.2 Å². The van der Waals surface area contributed by atoms with Gasteiger partial charge in [-0.05, 0) is 24.3 Å². The van der Waals surface area contributed by atoms with Gasteiger partial charge in [-0.15, -0.1) is 0 Å². The quantitative estimate of drug-likeness (QED) is 0.635. The molecule has 0 unspecified atom stereocenters. The Bertz CT molecular complexity index is 835. The van der Waals surface area contributed by atoms with Gasteiger partial charge >= 0.3 is 0 Å². The zero-order valence-corrected chi connectivity index (χ0v) is 13.4. The number of nitrogens with zero attached hydrogens (tertiary/aromatic N) is 1. The van der Waals surface area contributed by atoms with Crippen molar-refractivity contribution in [3.63, 3.8) is 0 Å². The van der Waals surface area contributed by atoms with Gasteiger partial charge in [0.1, 0.15) is 12.4 Å². The fourth-order valence-electron chi connectivity index (χ4n) is 2.22. The summed E-state index contributed by atoms with van der Waals surface area (Å²) in [6.45, 7) is -0.437. The van der Waals surface area contributed by atoms with Crippen LogP contribution in [0.1, 0.15) is 0 Å². The molecule has 0 aromatic heterocycles. The number of amides is 2. The standard InChI is InChI=1S/C17H14N2O7/c20-16(10-24-12-7-5-11(6-8-12)19(22)23)18-17(21)15-9-25-13-3-1-2-4-14(13)26-15/h1-8,15H,9-10H2,(H,18,20,21)/t15-/m0/s1. The van der Waals surface area contributed by atoms with Crippen LogP contribution < -0.4 is 19.5 Å². The number of hydrogen-bond donors (Lipinski definition) is 1. The van der Waals surface area contributed by atoms with Crippen LogP contribution >= 0.6 is 0 Å². The zero-order chi connectivity index (χ0) is 18.5. The van der Waals surface area contributed by atoms with Crippen LogP contribution in [0.4, 0.5) is 5.69 Å². The Morgan fingerprint density at radius 2 is 1.85 bits per heavy atom. The van der Waals surface area contributed by atoms with Crippen LogP contribution in [-0.2, 0) is 9.59 Å². The van der Waals surface area contributed by atoms with Gasteiger partial charge in [-0.25, -0.2) is 0 Å². The summed E-state index contributed by atoms with van der Waals surface area (Å²) in [5.74, 6) is -0.0881. The minimum atomic E-state index is -0.951. The van der Waals surface area contributed by atoms with Crippen molar-refractivity contribution in [2.45, 2.75) is 6.10 Å². The summed E-state index contributed by atoms with van der Waals surface area (Å²) in [4.78, 5) is 33.9. The highest BCUT2D eigenvalue weighted by atomic mass is 16.6. The first-order valence-corrected chi connectivity index (χ1v) is 7.62. The Morgan fingerprint density at radius 1 is 1.15 bits per heavy atom. The molecule has 1 aliphatic rings. The summed E-state index contributed by atoms with van der Waals surface area (Å²) < 4.78 is 16.1. The Balaban J connectivity index is 1.49. The fraction of sp³-hybridized carbons (Fsp3) is 0.176. The average Bonchev–Trinajstić information content (AvgIpc) is 2.66. The predicted molar refractivity (Wildman–Crippen MR) is 88.1 cm³/mol. The lowest BCUT2D eigenvalue weighted by atomic mass is 10.2. The third-order valence-corrected chi connectivity index (χ3v) is 3.48. The van der Waals surface area contributed by atoms with E-state index < -0.39 is 29.4 Å². The van der Waals surface area contributed by atoms with Crippen molar-refractivity contribution in [1.82, 2.24) is 5.32 Å². The van der Waals surface area contributed by atoms with E-state index in [-0.39, 0.29) is 18.0 Å². The van der Waals surface area contributed by atoms with Crippen molar-refractivity contribution >= 4 is 17.5 Å². The number of nitro groups is 1. The number of nitrogens with one attached hydrogen (secondary N) is 1. The maximum Gasteiger partial charge on any atom is 0.271 e. The summed E-state index contributed by atoms with van der Waals surface area (Å²) >= 11 is 0. The number of rotatable bonds is 5. The number of benzene rings is 2. The van der Waals surface area contributed by atoms with Gasteiger partial charge in [-0.1, -0.05) is 12.1 Å². The molecule has 0 bridgehead atoms. The van der Waals surface area contributed by atoms with Crippen LogP contribution in [0.25, 0.3) is 0 Å². The second-order valence-corrected chi connectivity index (χ2v) is 5.32. The van der Waals surface area contributed by atoms with Crippen LogP contribution in [0.5, 0.6) is 17.2 Å². The van der Waals surface area contributed by atoms with Crippen LogP contribution in [0.3, 0.4) is 0 Å². The topological polar surface area (TPSA) is 117 Å². The van der Waals surface area contributed by atoms with Crippen molar-refractivity contribution in [2.24, 2.45) is 0 Å². The SMILES string of the molecule is O=C(COc1ccc([N+](=O)[O-])cc1)NC(=O)[C@@H]1COc2ccccc2O1. The number of imide groups is 1. The number of nitro benzene ring substituents is 1. The Labute approximate surface area is 147 Å². The summed E-state index contributed by atoms with van der Waals surface area (Å²) in [6.07, 6.45) is -0.951. The summed E-state index contributed by atoms with van der Waals surface area (Å²) in [5.41, 5.74) is -0.0910. The van der Waals surface area contributed by atoms with Crippen LogP contribution in [0, 0.1) is 10.1 Å². The molecule has 0 aliphatic carbocycles. The van der Waals surface area contributed by atoms with Gasteiger partial charge in [0.25, 0.3) is 17.5 Å². The van der Waals surface area contributed by atoms with E-state index in [1.54, 1.807) is 24.3 Å². The first kappa shape index (κ1) is 17.2. The molecule has 0 spiro atoms. The molecule has 1 aliphatic heterocycles. The molecule has 0 saturated carbocycles. The smallest absolute Gasteiger partial charge is 0.271 e. The zero-order valence-electron chi connectivity index (χ0n) is 13.4. The second-order valence-electron chi connectivity index (χ2n) is 5.32. The van der Waals surface area contributed by atoms with Gasteiger partial charge in [-0.3, -0.25) is 25.0 Å². The molecule has 2 amide bonds. The molecule has 0 saturated heterocycles. The monoisotopic (exact) mass is 358 g/mol. The highest BCUT2D eigenvalue weighted by molar-refractivity contribution is 5.98. The number of para-hydroxylation sites is 2. The number of carbonyl (C=O) groups excluding carboxylic acids is 2. The highest BCUT2D eigenvalue weighted by Gasteiger charge is 2.28. The Morgan fingerprint density at radius 3 is 2.54 bits per heavy atom. The molecule has 1 atom stereocenters. The lowest BCUT2D eigenvalue weighted by Gasteiger charge is -2.25. The third kappa shape index (κ3) is 4.07. The molecule has 2 aromatic carbocycles. The van der Waals surface area contributed by atoms with E-state index in [9.17, 15) is 19.7 Å². The van der Waals surface area contributed by atoms with E-state index >= 15 is 0 Å². The van der Waals surface area contributed by atoms with Crippen molar-refractivity contribution in [2.75, 3.05) is 13.2 Å². The molecule has 0 radical (unpaired) electrons. The van der Waals surface area contributed by atoms with Crippen molar-refractivity contribution in [1.29, 1.82) is 0 Å².